The number of rotatable bonds is 2. The molecule has 0 saturated carbocycles. The average molecular weight is 207 g/mol. The lowest BCUT2D eigenvalue weighted by Crippen LogP contribution is -1.86. The van der Waals surface area contributed by atoms with E-state index in [9.17, 15) is 0 Å². The zero-order chi connectivity index (χ0) is 10.1. The number of H-pyrrole nitrogens is 1. The van der Waals surface area contributed by atoms with E-state index >= 15 is 0 Å². The zero-order valence-corrected chi connectivity index (χ0v) is 9.06. The Morgan fingerprint density at radius 2 is 2.21 bits per heavy atom. The highest BCUT2D eigenvalue weighted by atomic mass is 32.2. The number of fused-ring (bicyclic) bond motifs is 1. The van der Waals surface area contributed by atoms with E-state index in [0.717, 1.165) is 21.9 Å². The van der Waals surface area contributed by atoms with Crippen LogP contribution in [0, 0.1) is 0 Å². The van der Waals surface area contributed by atoms with Crippen molar-refractivity contribution in [3.05, 3.63) is 18.2 Å². The van der Waals surface area contributed by atoms with Crippen molar-refractivity contribution in [3.63, 3.8) is 0 Å². The van der Waals surface area contributed by atoms with E-state index in [1.165, 1.54) is 0 Å². The lowest BCUT2D eigenvalue weighted by molar-refractivity contribution is 1.04. The Kier molecular flexibility index (Phi) is 2.37. The van der Waals surface area contributed by atoms with Crippen molar-refractivity contribution >= 4 is 28.5 Å². The van der Waals surface area contributed by atoms with Crippen LogP contribution in [0.4, 0.5) is 5.69 Å². The van der Waals surface area contributed by atoms with Crippen LogP contribution in [0.2, 0.25) is 0 Å². The molecule has 1 aromatic carbocycles. The van der Waals surface area contributed by atoms with E-state index in [1.54, 1.807) is 11.8 Å². The van der Waals surface area contributed by atoms with Gasteiger partial charge in [-0.1, -0.05) is 25.6 Å². The maximum absolute atomic E-state index is 5.68. The van der Waals surface area contributed by atoms with Gasteiger partial charge in [0.2, 0.25) is 0 Å². The predicted octanol–water partition coefficient (Wildman–Crippen LogP) is 2.65. The molecule has 3 nitrogen and oxygen atoms in total. The van der Waals surface area contributed by atoms with Gasteiger partial charge in [0.1, 0.15) is 0 Å². The van der Waals surface area contributed by atoms with Crippen LogP contribution in [0.15, 0.2) is 23.4 Å². The first-order valence-electron chi connectivity index (χ1n) is 4.57. The summed E-state index contributed by atoms with van der Waals surface area (Å²) in [6, 6.07) is 5.71. The molecule has 74 valence electrons. The van der Waals surface area contributed by atoms with Gasteiger partial charge in [0.15, 0.2) is 5.16 Å². The van der Waals surface area contributed by atoms with E-state index in [-0.39, 0.29) is 0 Å². The summed E-state index contributed by atoms with van der Waals surface area (Å²) in [5.74, 6) is 0. The van der Waals surface area contributed by atoms with E-state index < -0.39 is 0 Å². The van der Waals surface area contributed by atoms with Gasteiger partial charge in [0, 0.05) is 10.9 Å². The molecule has 4 heteroatoms. The Labute approximate surface area is 87.1 Å². The van der Waals surface area contributed by atoms with Crippen LogP contribution in [0.5, 0.6) is 0 Å². The second-order valence-corrected chi connectivity index (χ2v) is 5.05. The Hall–Kier alpha value is -1.16. The lowest BCUT2D eigenvalue weighted by atomic mass is 10.3. The maximum Gasteiger partial charge on any atom is 0.166 e. The van der Waals surface area contributed by atoms with E-state index in [0.29, 0.717) is 5.25 Å². The molecule has 0 aliphatic carbocycles. The lowest BCUT2D eigenvalue weighted by Gasteiger charge is -1.98. The summed E-state index contributed by atoms with van der Waals surface area (Å²) in [5, 5.41) is 1.49. The molecule has 0 fully saturated rings. The number of aromatic amines is 1. The summed E-state index contributed by atoms with van der Waals surface area (Å²) in [5.41, 5.74) is 8.43. The number of thioether (sulfide) groups is 1. The largest absolute Gasteiger partial charge is 0.399 e. The second kappa shape index (κ2) is 3.53. The third kappa shape index (κ3) is 1.85. The van der Waals surface area contributed by atoms with Gasteiger partial charge in [0.25, 0.3) is 0 Å². The van der Waals surface area contributed by atoms with Gasteiger partial charge in [-0.05, 0) is 18.2 Å². The molecule has 1 heterocycles. The predicted molar refractivity (Wildman–Crippen MR) is 61.5 cm³/mol. The number of nitrogens with one attached hydrogen (secondary N) is 1. The van der Waals surface area contributed by atoms with Crippen LogP contribution in [0.1, 0.15) is 13.8 Å². The van der Waals surface area contributed by atoms with Crippen LogP contribution >= 0.6 is 11.8 Å². The van der Waals surface area contributed by atoms with Gasteiger partial charge >= 0.3 is 0 Å². The van der Waals surface area contributed by atoms with Crippen LogP contribution in [0.3, 0.4) is 0 Å². The van der Waals surface area contributed by atoms with Crippen LogP contribution in [0.25, 0.3) is 11.0 Å². The quantitative estimate of drug-likeness (QED) is 0.588. The Morgan fingerprint density at radius 1 is 1.43 bits per heavy atom. The number of benzene rings is 1. The maximum atomic E-state index is 5.68. The van der Waals surface area contributed by atoms with Crippen molar-refractivity contribution in [3.8, 4) is 0 Å². The highest BCUT2D eigenvalue weighted by molar-refractivity contribution is 7.99. The monoisotopic (exact) mass is 207 g/mol. The van der Waals surface area contributed by atoms with Crippen LogP contribution < -0.4 is 5.73 Å². The van der Waals surface area contributed by atoms with Crippen LogP contribution in [-0.2, 0) is 0 Å². The molecule has 0 spiro atoms. The number of hydrogen-bond donors (Lipinski definition) is 2. The summed E-state index contributed by atoms with van der Waals surface area (Å²) >= 11 is 1.72. The van der Waals surface area contributed by atoms with E-state index in [2.05, 4.69) is 23.8 Å². The molecule has 0 aliphatic heterocycles. The van der Waals surface area contributed by atoms with E-state index in [1.807, 2.05) is 18.2 Å². The molecule has 0 saturated heterocycles. The highest BCUT2D eigenvalue weighted by Gasteiger charge is 2.04. The first kappa shape index (κ1) is 9.40. The van der Waals surface area contributed by atoms with Crippen molar-refractivity contribution in [2.24, 2.45) is 0 Å². The first-order chi connectivity index (χ1) is 6.65. The molecule has 0 aliphatic rings. The fraction of sp³-hybridized carbons (Fsp3) is 0.300. The average Bonchev–Trinajstić information content (AvgIpc) is 2.44. The summed E-state index contributed by atoms with van der Waals surface area (Å²) in [7, 11) is 0. The number of hydrogen-bond acceptors (Lipinski definition) is 3. The third-order valence-electron chi connectivity index (χ3n) is 1.83. The van der Waals surface area contributed by atoms with Crippen molar-refractivity contribution in [2.45, 2.75) is 24.3 Å². The van der Waals surface area contributed by atoms with E-state index in [4.69, 9.17) is 5.73 Å². The van der Waals surface area contributed by atoms with Gasteiger partial charge < -0.3 is 10.7 Å². The Balaban J connectivity index is 2.41. The first-order valence-corrected chi connectivity index (χ1v) is 5.45. The normalized spacial score (nSPS) is 11.4. The summed E-state index contributed by atoms with van der Waals surface area (Å²) in [6.45, 7) is 4.29. The van der Waals surface area contributed by atoms with Gasteiger partial charge in [-0.2, -0.15) is 0 Å². The molecular formula is C10H13N3S. The molecule has 2 aromatic rings. The smallest absolute Gasteiger partial charge is 0.166 e. The highest BCUT2D eigenvalue weighted by Crippen LogP contribution is 2.23. The molecular weight excluding hydrogens is 194 g/mol. The van der Waals surface area contributed by atoms with Crippen LogP contribution in [-0.4, -0.2) is 15.2 Å². The molecule has 0 bridgehead atoms. The third-order valence-corrected chi connectivity index (χ3v) is 2.72. The fourth-order valence-electron chi connectivity index (χ4n) is 1.28. The van der Waals surface area contributed by atoms with Crippen molar-refractivity contribution in [1.82, 2.24) is 9.97 Å². The minimum absolute atomic E-state index is 0.535. The molecule has 2 rings (SSSR count). The summed E-state index contributed by atoms with van der Waals surface area (Å²) < 4.78 is 0. The Morgan fingerprint density at radius 3 is 2.93 bits per heavy atom. The minimum atomic E-state index is 0.535. The molecule has 0 atom stereocenters. The summed E-state index contributed by atoms with van der Waals surface area (Å²) in [4.78, 5) is 7.69. The second-order valence-electron chi connectivity index (χ2n) is 3.49. The Bertz CT molecular complexity index is 448. The van der Waals surface area contributed by atoms with Crippen molar-refractivity contribution in [1.29, 1.82) is 0 Å². The van der Waals surface area contributed by atoms with Crippen molar-refractivity contribution < 1.29 is 0 Å². The molecule has 1 aromatic heterocycles. The topological polar surface area (TPSA) is 54.7 Å². The molecule has 0 unspecified atom stereocenters. The SMILES string of the molecule is CC(C)Sc1nc2ccc(N)cc2[nH]1. The minimum Gasteiger partial charge on any atom is -0.399 e. The number of anilines is 1. The standard InChI is InChI=1S/C10H13N3S/c1-6(2)14-10-12-8-4-3-7(11)5-9(8)13-10/h3-6H,11H2,1-2H3,(H,12,13). The fourth-order valence-corrected chi connectivity index (χ4v) is 2.05. The number of nitrogens with two attached hydrogens (primary N) is 1. The van der Waals surface area contributed by atoms with Crippen molar-refractivity contribution in [2.75, 3.05) is 5.73 Å². The molecule has 0 amide bonds. The zero-order valence-electron chi connectivity index (χ0n) is 8.24. The number of nitrogen functional groups attached to an aromatic ring is 1. The molecule has 0 radical (unpaired) electrons. The van der Waals surface area contributed by atoms with Gasteiger partial charge in [0.05, 0.1) is 11.0 Å². The molecule has 3 N–H and O–H groups in total. The molecule has 14 heavy (non-hydrogen) atoms. The number of imidazole rings is 1. The van der Waals surface area contributed by atoms with Gasteiger partial charge in [-0.15, -0.1) is 0 Å². The number of aromatic nitrogens is 2. The van der Waals surface area contributed by atoms with Gasteiger partial charge in [-0.25, -0.2) is 4.98 Å². The van der Waals surface area contributed by atoms with Gasteiger partial charge in [-0.3, -0.25) is 0 Å². The summed E-state index contributed by atoms with van der Waals surface area (Å²) in [6.07, 6.45) is 0. The number of nitrogens with zero attached hydrogens (tertiary/aromatic N) is 1.